The van der Waals surface area contributed by atoms with E-state index in [1.807, 2.05) is 0 Å². The quantitative estimate of drug-likeness (QED) is 0.691. The smallest absolute Gasteiger partial charge is 0.00403 e. The van der Waals surface area contributed by atoms with E-state index in [-0.39, 0.29) is 0 Å². The molecule has 15 heavy (non-hydrogen) atoms. The SMILES string of the molecule is CCC1CC=C(c2ccc(S)cc2)CC1. The number of rotatable bonds is 2. The fourth-order valence-electron chi connectivity index (χ4n) is 2.20. The molecule has 80 valence electrons. The van der Waals surface area contributed by atoms with Gasteiger partial charge < -0.3 is 0 Å². The fraction of sp³-hybridized carbons (Fsp3) is 0.429. The van der Waals surface area contributed by atoms with Crippen molar-refractivity contribution in [1.82, 2.24) is 0 Å². The van der Waals surface area contributed by atoms with Crippen LogP contribution in [-0.4, -0.2) is 0 Å². The zero-order valence-corrected chi connectivity index (χ0v) is 10.1. The molecule has 0 heterocycles. The van der Waals surface area contributed by atoms with Gasteiger partial charge in [0.15, 0.2) is 0 Å². The predicted molar refractivity (Wildman–Crippen MR) is 69.3 cm³/mol. The number of allylic oxidation sites excluding steroid dienone is 2. The molecule has 1 aliphatic carbocycles. The largest absolute Gasteiger partial charge is 0.143 e. The second-order valence-corrected chi connectivity index (χ2v) is 4.84. The van der Waals surface area contributed by atoms with Crippen LogP contribution in [0.4, 0.5) is 0 Å². The van der Waals surface area contributed by atoms with Crippen molar-refractivity contribution in [2.75, 3.05) is 0 Å². The molecule has 0 nitrogen and oxygen atoms in total. The number of hydrogen-bond donors (Lipinski definition) is 1. The number of hydrogen-bond acceptors (Lipinski definition) is 1. The number of benzene rings is 1. The highest BCUT2D eigenvalue weighted by molar-refractivity contribution is 7.80. The van der Waals surface area contributed by atoms with Crippen LogP contribution in [0.5, 0.6) is 0 Å². The zero-order valence-electron chi connectivity index (χ0n) is 9.24. The minimum Gasteiger partial charge on any atom is -0.143 e. The Morgan fingerprint density at radius 1 is 1.27 bits per heavy atom. The first-order valence-corrected chi connectivity index (χ1v) is 6.22. The van der Waals surface area contributed by atoms with E-state index in [1.165, 1.54) is 36.8 Å². The summed E-state index contributed by atoms with van der Waals surface area (Å²) in [7, 11) is 0. The number of thiol groups is 1. The molecular weight excluding hydrogens is 200 g/mol. The first kappa shape index (κ1) is 10.8. The van der Waals surface area contributed by atoms with E-state index in [4.69, 9.17) is 0 Å². The molecule has 1 aromatic rings. The van der Waals surface area contributed by atoms with Crippen LogP contribution in [0.25, 0.3) is 5.57 Å². The van der Waals surface area contributed by atoms with Gasteiger partial charge in [-0.3, -0.25) is 0 Å². The first-order chi connectivity index (χ1) is 7.29. The van der Waals surface area contributed by atoms with Crippen molar-refractivity contribution >= 4 is 18.2 Å². The van der Waals surface area contributed by atoms with Crippen molar-refractivity contribution in [3.8, 4) is 0 Å². The molecule has 0 aliphatic heterocycles. The lowest BCUT2D eigenvalue weighted by atomic mass is 9.85. The lowest BCUT2D eigenvalue weighted by Gasteiger charge is -2.20. The Morgan fingerprint density at radius 3 is 2.53 bits per heavy atom. The Balaban J connectivity index is 2.12. The monoisotopic (exact) mass is 218 g/mol. The third-order valence-corrected chi connectivity index (χ3v) is 3.63. The van der Waals surface area contributed by atoms with E-state index in [0.717, 1.165) is 10.8 Å². The van der Waals surface area contributed by atoms with Crippen molar-refractivity contribution < 1.29 is 0 Å². The second-order valence-electron chi connectivity index (χ2n) is 4.32. The topological polar surface area (TPSA) is 0 Å². The normalized spacial score (nSPS) is 21.2. The summed E-state index contributed by atoms with van der Waals surface area (Å²) in [4.78, 5) is 1.04. The van der Waals surface area contributed by atoms with Crippen molar-refractivity contribution in [3.05, 3.63) is 35.9 Å². The van der Waals surface area contributed by atoms with Gasteiger partial charge in [-0.1, -0.05) is 31.6 Å². The maximum atomic E-state index is 4.31. The molecule has 0 fully saturated rings. The molecule has 0 saturated carbocycles. The summed E-state index contributed by atoms with van der Waals surface area (Å²) in [6, 6.07) is 8.51. The van der Waals surface area contributed by atoms with Crippen LogP contribution in [0, 0.1) is 5.92 Å². The van der Waals surface area contributed by atoms with Crippen molar-refractivity contribution in [1.29, 1.82) is 0 Å². The van der Waals surface area contributed by atoms with Crippen LogP contribution in [0.15, 0.2) is 35.2 Å². The van der Waals surface area contributed by atoms with Crippen LogP contribution >= 0.6 is 12.6 Å². The summed E-state index contributed by atoms with van der Waals surface area (Å²) in [5, 5.41) is 0. The molecule has 0 N–H and O–H groups in total. The Kier molecular flexibility index (Phi) is 3.53. The van der Waals surface area contributed by atoms with Gasteiger partial charge >= 0.3 is 0 Å². The average Bonchev–Trinajstić information content (AvgIpc) is 2.30. The summed E-state index contributed by atoms with van der Waals surface area (Å²) >= 11 is 4.31. The molecule has 1 atom stereocenters. The molecule has 0 radical (unpaired) electrons. The molecule has 0 aromatic heterocycles. The van der Waals surface area contributed by atoms with Gasteiger partial charge in [-0.25, -0.2) is 0 Å². The van der Waals surface area contributed by atoms with Gasteiger partial charge in [0.25, 0.3) is 0 Å². The van der Waals surface area contributed by atoms with Crippen molar-refractivity contribution in [3.63, 3.8) is 0 Å². The summed E-state index contributed by atoms with van der Waals surface area (Å²) in [5.74, 6) is 0.915. The van der Waals surface area contributed by atoms with Crippen LogP contribution in [0.1, 0.15) is 38.2 Å². The van der Waals surface area contributed by atoms with Gasteiger partial charge in [0, 0.05) is 4.90 Å². The third kappa shape index (κ3) is 2.66. The van der Waals surface area contributed by atoms with E-state index in [9.17, 15) is 0 Å². The molecular formula is C14H18S. The Labute approximate surface area is 97.8 Å². The highest BCUT2D eigenvalue weighted by Gasteiger charge is 2.13. The van der Waals surface area contributed by atoms with E-state index >= 15 is 0 Å². The van der Waals surface area contributed by atoms with Gasteiger partial charge in [-0.2, -0.15) is 0 Å². The molecule has 0 spiro atoms. The maximum absolute atomic E-state index is 4.31. The summed E-state index contributed by atoms with van der Waals surface area (Å²) in [6.07, 6.45) is 7.59. The van der Waals surface area contributed by atoms with E-state index in [1.54, 1.807) is 0 Å². The van der Waals surface area contributed by atoms with Crippen LogP contribution in [-0.2, 0) is 0 Å². The maximum Gasteiger partial charge on any atom is 0.00403 e. The molecule has 0 bridgehead atoms. The van der Waals surface area contributed by atoms with Crippen LogP contribution in [0.3, 0.4) is 0 Å². The van der Waals surface area contributed by atoms with Gasteiger partial charge in [0.1, 0.15) is 0 Å². The highest BCUT2D eigenvalue weighted by Crippen LogP contribution is 2.31. The van der Waals surface area contributed by atoms with Gasteiger partial charge in [-0.05, 0) is 48.4 Å². The molecule has 1 aliphatic rings. The van der Waals surface area contributed by atoms with Crippen LogP contribution < -0.4 is 0 Å². The molecule has 1 unspecified atom stereocenters. The third-order valence-electron chi connectivity index (χ3n) is 3.33. The summed E-state index contributed by atoms with van der Waals surface area (Å²) in [6.45, 7) is 2.29. The molecule has 2 rings (SSSR count). The van der Waals surface area contributed by atoms with Crippen LogP contribution in [0.2, 0.25) is 0 Å². The average molecular weight is 218 g/mol. The first-order valence-electron chi connectivity index (χ1n) is 5.78. The molecule has 0 amide bonds. The van der Waals surface area contributed by atoms with Crippen molar-refractivity contribution in [2.24, 2.45) is 5.92 Å². The van der Waals surface area contributed by atoms with E-state index in [2.05, 4.69) is 49.9 Å². The Bertz CT molecular complexity index is 348. The predicted octanol–water partition coefficient (Wildman–Crippen LogP) is 4.57. The lowest BCUT2D eigenvalue weighted by molar-refractivity contribution is 0.471. The summed E-state index contributed by atoms with van der Waals surface area (Å²) in [5.41, 5.74) is 2.90. The molecule has 1 heteroatoms. The van der Waals surface area contributed by atoms with Crippen molar-refractivity contribution in [2.45, 2.75) is 37.5 Å². The van der Waals surface area contributed by atoms with Gasteiger partial charge in [-0.15, -0.1) is 12.6 Å². The Morgan fingerprint density at radius 2 is 2.00 bits per heavy atom. The highest BCUT2D eigenvalue weighted by atomic mass is 32.1. The minimum absolute atomic E-state index is 0.915. The molecule has 0 saturated heterocycles. The van der Waals surface area contributed by atoms with Gasteiger partial charge in [0.2, 0.25) is 0 Å². The van der Waals surface area contributed by atoms with E-state index in [0.29, 0.717) is 0 Å². The minimum atomic E-state index is 0.915. The fourth-order valence-corrected chi connectivity index (χ4v) is 2.35. The molecule has 1 aromatic carbocycles. The Hall–Kier alpha value is -0.690. The van der Waals surface area contributed by atoms with E-state index < -0.39 is 0 Å². The lowest BCUT2D eigenvalue weighted by Crippen LogP contribution is -2.03. The zero-order chi connectivity index (χ0) is 10.7. The standard InChI is InChI=1S/C14H18S/c1-2-11-3-5-12(6-4-11)13-7-9-14(15)10-8-13/h5,7-11,15H,2-4,6H2,1H3. The summed E-state index contributed by atoms with van der Waals surface area (Å²) < 4.78 is 0. The van der Waals surface area contributed by atoms with Gasteiger partial charge in [0.05, 0.1) is 0 Å². The second kappa shape index (κ2) is 4.89.